The molecule has 1 saturated heterocycles. The van der Waals surface area contributed by atoms with E-state index in [1.54, 1.807) is 11.3 Å². The number of rotatable bonds is 6. The summed E-state index contributed by atoms with van der Waals surface area (Å²) in [4.78, 5) is 6.62. The van der Waals surface area contributed by atoms with Crippen molar-refractivity contribution in [2.45, 2.75) is 51.3 Å². The quantitative estimate of drug-likeness (QED) is 0.851. The Balaban J connectivity index is 1.76. The summed E-state index contributed by atoms with van der Waals surface area (Å²) in [6, 6.07) is 3.18. The van der Waals surface area contributed by atoms with Crippen LogP contribution in [-0.2, 0) is 13.0 Å². The highest BCUT2D eigenvalue weighted by molar-refractivity contribution is 7.09. The lowest BCUT2D eigenvalue weighted by Crippen LogP contribution is -2.25. The molecular formula is C18H22F2N2OS. The lowest BCUT2D eigenvalue weighted by Gasteiger charge is -2.24. The number of hydrogen-bond acceptors (Lipinski definition) is 4. The van der Waals surface area contributed by atoms with Crippen molar-refractivity contribution in [2.24, 2.45) is 0 Å². The van der Waals surface area contributed by atoms with Gasteiger partial charge in [-0.2, -0.15) is 0 Å². The summed E-state index contributed by atoms with van der Waals surface area (Å²) < 4.78 is 27.6. The smallest absolute Gasteiger partial charge is 0.128 e. The lowest BCUT2D eigenvalue weighted by atomic mass is 10.0. The van der Waals surface area contributed by atoms with E-state index in [-0.39, 0.29) is 6.04 Å². The Kier molecular flexibility index (Phi) is 5.58. The molecular weight excluding hydrogens is 330 g/mol. The van der Waals surface area contributed by atoms with Crippen molar-refractivity contribution >= 4 is 11.3 Å². The molecule has 6 heteroatoms. The summed E-state index contributed by atoms with van der Waals surface area (Å²) in [6.07, 6.45) is 3.11. The number of nitrogens with zero attached hydrogens (tertiary/aromatic N) is 2. The molecule has 1 N–H and O–H groups in total. The van der Waals surface area contributed by atoms with Gasteiger partial charge in [0.05, 0.1) is 16.8 Å². The Morgan fingerprint density at radius 2 is 2.21 bits per heavy atom. The van der Waals surface area contributed by atoms with Crippen LogP contribution in [0.5, 0.6) is 0 Å². The number of likely N-dealkylation sites (tertiary alicyclic amines) is 1. The number of halogens is 2. The average molecular weight is 352 g/mol. The number of aliphatic hydroxyl groups is 1. The van der Waals surface area contributed by atoms with Crippen LogP contribution in [0.15, 0.2) is 23.6 Å². The number of hydrogen-bond donors (Lipinski definition) is 1. The third-order valence-electron chi connectivity index (χ3n) is 4.41. The first-order valence-corrected chi connectivity index (χ1v) is 9.25. The van der Waals surface area contributed by atoms with Gasteiger partial charge in [-0.1, -0.05) is 13.3 Å². The normalized spacial score (nSPS) is 21.5. The van der Waals surface area contributed by atoms with Gasteiger partial charge in [-0.15, -0.1) is 11.3 Å². The minimum absolute atomic E-state index is 0.313. The summed E-state index contributed by atoms with van der Waals surface area (Å²) in [5, 5.41) is 13.1. The Hall–Kier alpha value is -1.37. The van der Waals surface area contributed by atoms with Crippen LogP contribution < -0.4 is 0 Å². The van der Waals surface area contributed by atoms with E-state index in [1.807, 2.05) is 10.3 Å². The molecule has 2 heterocycles. The number of aromatic nitrogens is 1. The predicted octanol–water partition coefficient (Wildman–Crippen LogP) is 4.07. The number of thiazole rings is 1. The summed E-state index contributed by atoms with van der Waals surface area (Å²) in [5.41, 5.74) is 1.25. The van der Waals surface area contributed by atoms with Gasteiger partial charge in [-0.3, -0.25) is 4.90 Å². The van der Waals surface area contributed by atoms with Crippen LogP contribution in [0, 0.1) is 11.6 Å². The van der Waals surface area contributed by atoms with E-state index in [0.29, 0.717) is 25.1 Å². The minimum atomic E-state index is -0.532. The highest BCUT2D eigenvalue weighted by Gasteiger charge is 2.34. The van der Waals surface area contributed by atoms with Crippen molar-refractivity contribution in [3.63, 3.8) is 0 Å². The van der Waals surface area contributed by atoms with Gasteiger partial charge in [0.15, 0.2) is 0 Å². The predicted molar refractivity (Wildman–Crippen MR) is 90.9 cm³/mol. The Bertz CT molecular complexity index is 691. The maximum absolute atomic E-state index is 14.1. The first-order valence-electron chi connectivity index (χ1n) is 8.37. The van der Waals surface area contributed by atoms with Crippen LogP contribution in [0.2, 0.25) is 0 Å². The van der Waals surface area contributed by atoms with Crippen molar-refractivity contribution in [1.82, 2.24) is 9.88 Å². The second-order valence-electron chi connectivity index (χ2n) is 6.34. The molecule has 0 aliphatic carbocycles. The lowest BCUT2D eigenvalue weighted by molar-refractivity contribution is 0.172. The molecule has 2 atom stereocenters. The van der Waals surface area contributed by atoms with Gasteiger partial charge in [0.2, 0.25) is 0 Å². The zero-order valence-electron chi connectivity index (χ0n) is 13.7. The molecule has 0 unspecified atom stereocenters. The highest BCUT2D eigenvalue weighted by Crippen LogP contribution is 2.35. The number of aryl methyl sites for hydroxylation is 1. The van der Waals surface area contributed by atoms with E-state index in [4.69, 9.17) is 0 Å². The second kappa shape index (κ2) is 7.68. The van der Waals surface area contributed by atoms with Crippen molar-refractivity contribution in [1.29, 1.82) is 0 Å². The fourth-order valence-corrected chi connectivity index (χ4v) is 4.05. The van der Waals surface area contributed by atoms with Gasteiger partial charge < -0.3 is 5.11 Å². The molecule has 0 bridgehead atoms. The van der Waals surface area contributed by atoms with Crippen LogP contribution in [0.1, 0.15) is 48.5 Å². The zero-order chi connectivity index (χ0) is 17.1. The molecule has 3 rings (SSSR count). The van der Waals surface area contributed by atoms with E-state index in [9.17, 15) is 13.9 Å². The van der Waals surface area contributed by atoms with Crippen molar-refractivity contribution in [3.05, 3.63) is 51.5 Å². The number of benzene rings is 1. The van der Waals surface area contributed by atoms with E-state index in [1.165, 1.54) is 6.07 Å². The molecule has 0 radical (unpaired) electrons. The van der Waals surface area contributed by atoms with Crippen molar-refractivity contribution < 1.29 is 13.9 Å². The topological polar surface area (TPSA) is 36.4 Å². The SMILES string of the molecule is CCCCc1nc(CN2C[C@@H](O)C[C@H]2c2cc(F)ccc2F)cs1. The fourth-order valence-electron chi connectivity index (χ4n) is 3.22. The summed E-state index contributed by atoms with van der Waals surface area (Å²) in [6.45, 7) is 3.14. The van der Waals surface area contributed by atoms with Gasteiger partial charge in [0.25, 0.3) is 0 Å². The van der Waals surface area contributed by atoms with Gasteiger partial charge in [0.1, 0.15) is 11.6 Å². The summed E-state index contributed by atoms with van der Waals surface area (Å²) in [5.74, 6) is -0.884. The maximum atomic E-state index is 14.1. The maximum Gasteiger partial charge on any atom is 0.128 e. The molecule has 2 aromatic rings. The Morgan fingerprint density at radius 1 is 1.38 bits per heavy atom. The number of β-amino-alcohol motifs (C(OH)–C–C–N with tert-alkyl or cyclic N) is 1. The van der Waals surface area contributed by atoms with E-state index in [2.05, 4.69) is 11.9 Å². The molecule has 1 aromatic heterocycles. The first kappa shape index (κ1) is 17.5. The zero-order valence-corrected chi connectivity index (χ0v) is 14.5. The second-order valence-corrected chi connectivity index (χ2v) is 7.28. The third kappa shape index (κ3) is 3.99. The largest absolute Gasteiger partial charge is 0.392 e. The number of unbranched alkanes of at least 4 members (excludes halogenated alkanes) is 1. The molecule has 1 aliphatic rings. The first-order chi connectivity index (χ1) is 11.6. The number of aliphatic hydroxyl groups excluding tert-OH is 1. The summed E-state index contributed by atoms with van der Waals surface area (Å²) >= 11 is 1.64. The Morgan fingerprint density at radius 3 is 3.00 bits per heavy atom. The van der Waals surface area contributed by atoms with Crippen LogP contribution in [-0.4, -0.2) is 27.6 Å². The van der Waals surface area contributed by atoms with Crippen LogP contribution in [0.4, 0.5) is 8.78 Å². The molecule has 24 heavy (non-hydrogen) atoms. The molecule has 0 saturated carbocycles. The van der Waals surface area contributed by atoms with Gasteiger partial charge in [-0.05, 0) is 37.5 Å². The van der Waals surface area contributed by atoms with Crippen molar-refractivity contribution in [2.75, 3.05) is 6.54 Å². The molecule has 1 aromatic carbocycles. The third-order valence-corrected chi connectivity index (χ3v) is 5.36. The van der Waals surface area contributed by atoms with Crippen LogP contribution in [0.25, 0.3) is 0 Å². The van der Waals surface area contributed by atoms with Crippen LogP contribution >= 0.6 is 11.3 Å². The van der Waals surface area contributed by atoms with E-state index >= 15 is 0 Å². The Labute approximate surface area is 145 Å². The minimum Gasteiger partial charge on any atom is -0.392 e. The average Bonchev–Trinajstić information content (AvgIpc) is 3.14. The van der Waals surface area contributed by atoms with E-state index in [0.717, 1.165) is 42.1 Å². The van der Waals surface area contributed by atoms with Gasteiger partial charge in [-0.25, -0.2) is 13.8 Å². The molecule has 0 spiro atoms. The van der Waals surface area contributed by atoms with Gasteiger partial charge in [0, 0.05) is 30.1 Å². The van der Waals surface area contributed by atoms with Gasteiger partial charge >= 0.3 is 0 Å². The summed E-state index contributed by atoms with van der Waals surface area (Å²) in [7, 11) is 0. The highest BCUT2D eigenvalue weighted by atomic mass is 32.1. The van der Waals surface area contributed by atoms with Crippen LogP contribution in [0.3, 0.4) is 0 Å². The van der Waals surface area contributed by atoms with Crippen molar-refractivity contribution in [3.8, 4) is 0 Å². The molecule has 0 amide bonds. The monoisotopic (exact) mass is 352 g/mol. The van der Waals surface area contributed by atoms with E-state index < -0.39 is 17.7 Å². The molecule has 1 aliphatic heterocycles. The standard InChI is InChI=1S/C18H22F2N2OS/c1-2-3-4-18-21-13(11-24-18)9-22-10-14(23)8-17(22)15-7-12(19)5-6-16(15)20/h5-7,11,14,17,23H,2-4,8-10H2,1H3/t14-,17-/m0/s1. The molecule has 130 valence electrons. The molecule has 1 fully saturated rings. The fraction of sp³-hybridized carbons (Fsp3) is 0.500. The molecule has 3 nitrogen and oxygen atoms in total.